The first-order valence-electron chi connectivity index (χ1n) is 5.87. The van der Waals surface area contributed by atoms with E-state index in [0.29, 0.717) is 6.54 Å². The van der Waals surface area contributed by atoms with Gasteiger partial charge in [0.1, 0.15) is 0 Å². The fourth-order valence-corrected chi connectivity index (χ4v) is 1.83. The van der Waals surface area contributed by atoms with Gasteiger partial charge in [0.25, 0.3) is 0 Å². The Kier molecular flexibility index (Phi) is 4.16. The van der Waals surface area contributed by atoms with Gasteiger partial charge in [0.2, 0.25) is 0 Å². The number of nitrogens with zero attached hydrogens (tertiary/aromatic N) is 1. The highest BCUT2D eigenvalue weighted by atomic mass is 16.4. The molecular formula is C14H21NO2. The molecule has 0 saturated carbocycles. The van der Waals surface area contributed by atoms with Crippen molar-refractivity contribution >= 4 is 6.09 Å². The van der Waals surface area contributed by atoms with Gasteiger partial charge in [-0.3, -0.25) is 0 Å². The normalized spacial score (nSPS) is 11.3. The van der Waals surface area contributed by atoms with E-state index < -0.39 is 6.09 Å². The smallest absolute Gasteiger partial charge is 0.407 e. The molecule has 0 fully saturated rings. The number of amides is 1. The summed E-state index contributed by atoms with van der Waals surface area (Å²) in [5.41, 5.74) is 2.04. The third-order valence-corrected chi connectivity index (χ3v) is 2.75. The maximum Gasteiger partial charge on any atom is 0.407 e. The van der Waals surface area contributed by atoms with Gasteiger partial charge in [0, 0.05) is 12.1 Å². The number of benzene rings is 1. The molecule has 0 spiro atoms. The highest BCUT2D eigenvalue weighted by Crippen LogP contribution is 2.15. The van der Waals surface area contributed by atoms with Crippen molar-refractivity contribution < 1.29 is 9.90 Å². The van der Waals surface area contributed by atoms with E-state index in [9.17, 15) is 4.79 Å². The van der Waals surface area contributed by atoms with Crippen molar-refractivity contribution in [3.63, 3.8) is 0 Å². The Morgan fingerprint density at radius 1 is 1.35 bits per heavy atom. The topological polar surface area (TPSA) is 40.5 Å². The average Bonchev–Trinajstić information content (AvgIpc) is 2.15. The van der Waals surface area contributed by atoms with E-state index in [1.165, 1.54) is 16.0 Å². The molecule has 3 nitrogen and oxygen atoms in total. The maximum atomic E-state index is 11.2. The summed E-state index contributed by atoms with van der Waals surface area (Å²) in [5.74, 6) is 0. The minimum Gasteiger partial charge on any atom is -0.465 e. The SMILES string of the molecule is Cc1cccc(CCN(C(=O)O)C(C)(C)C)c1. The van der Waals surface area contributed by atoms with Crippen LogP contribution in [-0.4, -0.2) is 28.2 Å². The highest BCUT2D eigenvalue weighted by molar-refractivity contribution is 5.66. The molecule has 1 rings (SSSR count). The molecule has 0 radical (unpaired) electrons. The van der Waals surface area contributed by atoms with Gasteiger partial charge in [0.15, 0.2) is 0 Å². The van der Waals surface area contributed by atoms with Gasteiger partial charge in [0.05, 0.1) is 0 Å². The Labute approximate surface area is 103 Å². The zero-order chi connectivity index (χ0) is 13.1. The molecular weight excluding hydrogens is 214 g/mol. The van der Waals surface area contributed by atoms with E-state index in [0.717, 1.165) is 6.42 Å². The Morgan fingerprint density at radius 3 is 2.47 bits per heavy atom. The van der Waals surface area contributed by atoms with Crippen molar-refractivity contribution in [2.24, 2.45) is 0 Å². The Bertz CT molecular complexity index is 393. The molecule has 0 bridgehead atoms. The van der Waals surface area contributed by atoms with E-state index in [1.54, 1.807) is 0 Å². The molecule has 0 saturated heterocycles. The molecule has 1 N–H and O–H groups in total. The summed E-state index contributed by atoms with van der Waals surface area (Å²) in [6.07, 6.45) is -0.101. The molecule has 0 aliphatic carbocycles. The zero-order valence-electron chi connectivity index (χ0n) is 11.0. The van der Waals surface area contributed by atoms with Crippen LogP contribution in [0.4, 0.5) is 4.79 Å². The number of carboxylic acid groups (broad SMARTS) is 1. The molecule has 1 aromatic rings. The number of hydrogen-bond donors (Lipinski definition) is 1. The minimum absolute atomic E-state index is 0.352. The molecule has 0 aliphatic rings. The highest BCUT2D eigenvalue weighted by Gasteiger charge is 2.25. The lowest BCUT2D eigenvalue weighted by Gasteiger charge is -2.33. The molecule has 0 atom stereocenters. The molecule has 3 heteroatoms. The summed E-state index contributed by atoms with van der Waals surface area (Å²) in [6, 6.07) is 8.19. The van der Waals surface area contributed by atoms with Gasteiger partial charge >= 0.3 is 6.09 Å². The van der Waals surface area contributed by atoms with Crippen LogP contribution in [0.25, 0.3) is 0 Å². The molecule has 0 aromatic heterocycles. The average molecular weight is 235 g/mol. The number of hydrogen-bond acceptors (Lipinski definition) is 1. The van der Waals surface area contributed by atoms with Crippen molar-refractivity contribution in [1.29, 1.82) is 0 Å². The van der Waals surface area contributed by atoms with Crippen LogP contribution in [0.15, 0.2) is 24.3 Å². The predicted molar refractivity (Wildman–Crippen MR) is 69.4 cm³/mol. The second kappa shape index (κ2) is 5.21. The third kappa shape index (κ3) is 4.10. The van der Waals surface area contributed by atoms with Gasteiger partial charge in [-0.15, -0.1) is 0 Å². The summed E-state index contributed by atoms with van der Waals surface area (Å²) in [6.45, 7) is 8.32. The van der Waals surface area contributed by atoms with E-state index in [1.807, 2.05) is 45.9 Å². The Balaban J connectivity index is 2.68. The monoisotopic (exact) mass is 235 g/mol. The van der Waals surface area contributed by atoms with E-state index in [-0.39, 0.29) is 5.54 Å². The van der Waals surface area contributed by atoms with Crippen molar-refractivity contribution in [2.75, 3.05) is 6.54 Å². The predicted octanol–water partition coefficient (Wildman–Crippen LogP) is 3.32. The first-order chi connectivity index (χ1) is 7.80. The van der Waals surface area contributed by atoms with Crippen LogP contribution in [-0.2, 0) is 6.42 Å². The van der Waals surface area contributed by atoms with Crippen LogP contribution in [0, 0.1) is 6.92 Å². The molecule has 0 unspecified atom stereocenters. The molecule has 1 amide bonds. The zero-order valence-corrected chi connectivity index (χ0v) is 11.0. The van der Waals surface area contributed by atoms with Gasteiger partial charge in [-0.1, -0.05) is 29.8 Å². The lowest BCUT2D eigenvalue weighted by atomic mass is 10.0. The van der Waals surface area contributed by atoms with Crippen LogP contribution in [0.5, 0.6) is 0 Å². The van der Waals surface area contributed by atoms with E-state index in [4.69, 9.17) is 5.11 Å². The van der Waals surface area contributed by atoms with Crippen LogP contribution < -0.4 is 0 Å². The van der Waals surface area contributed by atoms with Crippen molar-refractivity contribution in [3.05, 3.63) is 35.4 Å². The fraction of sp³-hybridized carbons (Fsp3) is 0.500. The third-order valence-electron chi connectivity index (χ3n) is 2.75. The molecule has 0 heterocycles. The van der Waals surface area contributed by atoms with Crippen LogP contribution in [0.1, 0.15) is 31.9 Å². The minimum atomic E-state index is -0.856. The molecule has 17 heavy (non-hydrogen) atoms. The van der Waals surface area contributed by atoms with Crippen LogP contribution >= 0.6 is 0 Å². The lowest BCUT2D eigenvalue weighted by molar-refractivity contribution is 0.101. The first kappa shape index (κ1) is 13.6. The molecule has 0 aliphatic heterocycles. The van der Waals surface area contributed by atoms with Crippen molar-refractivity contribution in [2.45, 2.75) is 39.7 Å². The van der Waals surface area contributed by atoms with E-state index in [2.05, 4.69) is 6.07 Å². The number of rotatable bonds is 3. The molecule has 94 valence electrons. The largest absolute Gasteiger partial charge is 0.465 e. The summed E-state index contributed by atoms with van der Waals surface area (Å²) >= 11 is 0. The number of carbonyl (C=O) groups is 1. The summed E-state index contributed by atoms with van der Waals surface area (Å²) in [4.78, 5) is 12.6. The van der Waals surface area contributed by atoms with Crippen molar-refractivity contribution in [3.8, 4) is 0 Å². The van der Waals surface area contributed by atoms with Gasteiger partial charge < -0.3 is 10.0 Å². The van der Waals surface area contributed by atoms with E-state index >= 15 is 0 Å². The standard InChI is InChI=1S/C14H21NO2/c1-11-6-5-7-12(10-11)8-9-15(13(16)17)14(2,3)4/h5-7,10H,8-9H2,1-4H3,(H,16,17). The summed E-state index contributed by atoms with van der Waals surface area (Å²) in [7, 11) is 0. The lowest BCUT2D eigenvalue weighted by Crippen LogP contribution is -2.45. The van der Waals surface area contributed by atoms with Crippen molar-refractivity contribution in [1.82, 2.24) is 4.90 Å². The summed E-state index contributed by atoms with van der Waals surface area (Å²) in [5, 5.41) is 9.17. The Morgan fingerprint density at radius 2 is 2.00 bits per heavy atom. The van der Waals surface area contributed by atoms with Gasteiger partial charge in [-0.25, -0.2) is 4.79 Å². The quantitative estimate of drug-likeness (QED) is 0.873. The summed E-state index contributed by atoms with van der Waals surface area (Å²) < 4.78 is 0. The van der Waals surface area contributed by atoms with Gasteiger partial charge in [-0.2, -0.15) is 0 Å². The van der Waals surface area contributed by atoms with Crippen LogP contribution in [0.3, 0.4) is 0 Å². The van der Waals surface area contributed by atoms with Gasteiger partial charge in [-0.05, 0) is 39.7 Å². The second-order valence-electron chi connectivity index (χ2n) is 5.34. The van der Waals surface area contributed by atoms with Crippen LogP contribution in [0.2, 0.25) is 0 Å². The Hall–Kier alpha value is -1.51. The first-order valence-corrected chi connectivity index (χ1v) is 5.87. The number of aryl methyl sites for hydroxylation is 1. The maximum absolute atomic E-state index is 11.2. The molecule has 1 aromatic carbocycles. The fourth-order valence-electron chi connectivity index (χ4n) is 1.83. The second-order valence-corrected chi connectivity index (χ2v) is 5.34.